The van der Waals surface area contributed by atoms with E-state index in [1.54, 1.807) is 29.2 Å². The number of carbonyl (C=O) groups is 1. The van der Waals surface area contributed by atoms with E-state index in [0.29, 0.717) is 16.7 Å². The SMILES string of the molecule is CN(C)CCC#C[C@H]1CC[C@H](N(C)C(=O)Oc2ccc(Cl)cc2)CC1. The van der Waals surface area contributed by atoms with Gasteiger partial charge in [-0.05, 0) is 64.0 Å². The van der Waals surface area contributed by atoms with Crippen molar-refractivity contribution in [1.82, 2.24) is 9.80 Å². The number of carbonyl (C=O) groups excluding carboxylic acids is 1. The molecular weight excluding hydrogens is 336 g/mol. The van der Waals surface area contributed by atoms with E-state index < -0.39 is 0 Å². The average Bonchev–Trinajstić information content (AvgIpc) is 2.60. The zero-order valence-electron chi connectivity index (χ0n) is 15.3. The van der Waals surface area contributed by atoms with Crippen LogP contribution in [0.4, 0.5) is 4.79 Å². The summed E-state index contributed by atoms with van der Waals surface area (Å²) in [5.74, 6) is 7.64. The molecule has 136 valence electrons. The zero-order valence-corrected chi connectivity index (χ0v) is 16.1. The van der Waals surface area contributed by atoms with Crippen molar-refractivity contribution in [2.75, 3.05) is 27.7 Å². The van der Waals surface area contributed by atoms with Crippen molar-refractivity contribution >= 4 is 17.7 Å². The first-order chi connectivity index (χ1) is 12.0. The first kappa shape index (κ1) is 19.6. The third-order valence-corrected chi connectivity index (χ3v) is 4.79. The zero-order chi connectivity index (χ0) is 18.2. The second-order valence-electron chi connectivity index (χ2n) is 6.81. The van der Waals surface area contributed by atoms with Crippen molar-refractivity contribution in [2.24, 2.45) is 5.92 Å². The van der Waals surface area contributed by atoms with Gasteiger partial charge in [0.25, 0.3) is 0 Å². The molecule has 0 N–H and O–H groups in total. The maximum absolute atomic E-state index is 12.3. The molecule has 1 aromatic rings. The Morgan fingerprint density at radius 3 is 2.40 bits per heavy atom. The first-order valence-corrected chi connectivity index (χ1v) is 9.17. The maximum Gasteiger partial charge on any atom is 0.415 e. The van der Waals surface area contributed by atoms with Crippen molar-refractivity contribution in [2.45, 2.75) is 38.1 Å². The van der Waals surface area contributed by atoms with Crippen LogP contribution in [-0.2, 0) is 0 Å². The monoisotopic (exact) mass is 362 g/mol. The Bertz CT molecular complexity index is 611. The van der Waals surface area contributed by atoms with Crippen LogP contribution in [0.3, 0.4) is 0 Å². The van der Waals surface area contributed by atoms with Gasteiger partial charge in [0.15, 0.2) is 0 Å². The van der Waals surface area contributed by atoms with Crippen molar-refractivity contribution < 1.29 is 9.53 Å². The molecule has 1 amide bonds. The standard InChI is InChI=1S/C20H27ClN2O2/c1-22(2)15-5-4-6-16-7-11-18(12-8-16)23(3)20(24)25-19-13-9-17(21)10-14-19/h9-10,13-14,16,18H,5,7-8,11-12,15H2,1-3H3/t16-,18-. The van der Waals surface area contributed by atoms with Crippen molar-refractivity contribution in [3.63, 3.8) is 0 Å². The molecule has 1 aliphatic rings. The minimum absolute atomic E-state index is 0.222. The highest BCUT2D eigenvalue weighted by atomic mass is 35.5. The number of ether oxygens (including phenoxy) is 1. The largest absolute Gasteiger partial charge is 0.415 e. The normalized spacial score (nSPS) is 19.9. The minimum Gasteiger partial charge on any atom is -0.410 e. The Labute approximate surface area is 156 Å². The van der Waals surface area contributed by atoms with E-state index in [1.165, 1.54) is 0 Å². The summed E-state index contributed by atoms with van der Waals surface area (Å²) in [5.41, 5.74) is 0. The highest BCUT2D eigenvalue weighted by Crippen LogP contribution is 2.27. The van der Waals surface area contributed by atoms with E-state index in [2.05, 4.69) is 30.8 Å². The van der Waals surface area contributed by atoms with Crippen LogP contribution < -0.4 is 4.74 Å². The maximum atomic E-state index is 12.3. The van der Waals surface area contributed by atoms with Crippen LogP contribution >= 0.6 is 11.6 Å². The second-order valence-corrected chi connectivity index (χ2v) is 7.25. The summed E-state index contributed by atoms with van der Waals surface area (Å²) in [7, 11) is 5.93. The van der Waals surface area contributed by atoms with E-state index in [9.17, 15) is 4.79 Å². The Kier molecular flexibility index (Phi) is 7.61. The van der Waals surface area contributed by atoms with Gasteiger partial charge in [-0.2, -0.15) is 0 Å². The lowest BCUT2D eigenvalue weighted by molar-refractivity contribution is 0.129. The molecule has 0 saturated heterocycles. The molecule has 2 rings (SSSR count). The fourth-order valence-electron chi connectivity index (χ4n) is 2.93. The summed E-state index contributed by atoms with van der Waals surface area (Å²) in [6, 6.07) is 7.05. The fourth-order valence-corrected chi connectivity index (χ4v) is 3.05. The quantitative estimate of drug-likeness (QED) is 0.749. The van der Waals surface area contributed by atoms with Crippen LogP contribution in [0.15, 0.2) is 24.3 Å². The minimum atomic E-state index is -0.317. The van der Waals surface area contributed by atoms with Gasteiger partial charge in [-0.1, -0.05) is 17.5 Å². The lowest BCUT2D eigenvalue weighted by Gasteiger charge is -2.32. The molecule has 4 nitrogen and oxygen atoms in total. The van der Waals surface area contributed by atoms with E-state index in [-0.39, 0.29) is 12.1 Å². The molecule has 0 atom stereocenters. The molecule has 0 bridgehead atoms. The molecule has 0 spiro atoms. The lowest BCUT2D eigenvalue weighted by Crippen LogP contribution is -2.40. The number of amides is 1. The molecule has 0 heterocycles. The van der Waals surface area contributed by atoms with Gasteiger partial charge in [-0.25, -0.2) is 4.79 Å². The summed E-state index contributed by atoms with van der Waals surface area (Å²) in [5, 5.41) is 0.623. The molecular formula is C20H27ClN2O2. The van der Waals surface area contributed by atoms with Crippen LogP contribution in [0.1, 0.15) is 32.1 Å². The van der Waals surface area contributed by atoms with Crippen LogP contribution in [0.2, 0.25) is 5.02 Å². The molecule has 1 fully saturated rings. The van der Waals surface area contributed by atoms with Crippen molar-refractivity contribution in [3.05, 3.63) is 29.3 Å². The topological polar surface area (TPSA) is 32.8 Å². The number of hydrogen-bond donors (Lipinski definition) is 0. The van der Waals surface area contributed by atoms with Gasteiger partial charge in [-0.3, -0.25) is 0 Å². The summed E-state index contributed by atoms with van der Waals surface area (Å²) < 4.78 is 5.41. The van der Waals surface area contributed by atoms with Crippen LogP contribution in [0.5, 0.6) is 5.75 Å². The Morgan fingerprint density at radius 1 is 1.16 bits per heavy atom. The molecule has 0 unspecified atom stereocenters. The predicted molar refractivity (Wildman–Crippen MR) is 102 cm³/mol. The van der Waals surface area contributed by atoms with Crippen molar-refractivity contribution in [3.8, 4) is 17.6 Å². The summed E-state index contributed by atoms with van der Waals surface area (Å²) >= 11 is 5.84. The van der Waals surface area contributed by atoms with Gasteiger partial charge < -0.3 is 14.5 Å². The molecule has 25 heavy (non-hydrogen) atoms. The van der Waals surface area contributed by atoms with Crippen LogP contribution in [-0.4, -0.2) is 49.6 Å². The molecule has 1 saturated carbocycles. The molecule has 0 aromatic heterocycles. The third kappa shape index (κ3) is 6.61. The summed E-state index contributed by atoms with van der Waals surface area (Å²) in [6.07, 6.45) is 4.62. The molecule has 1 aromatic carbocycles. The second kappa shape index (κ2) is 9.70. The molecule has 0 aliphatic heterocycles. The highest BCUT2D eigenvalue weighted by molar-refractivity contribution is 6.30. The first-order valence-electron chi connectivity index (χ1n) is 8.79. The fraction of sp³-hybridized carbons (Fsp3) is 0.550. The van der Waals surface area contributed by atoms with Crippen LogP contribution in [0.25, 0.3) is 0 Å². The molecule has 5 heteroatoms. The number of nitrogens with zero attached hydrogens (tertiary/aromatic N) is 2. The van der Waals surface area contributed by atoms with E-state index in [0.717, 1.165) is 38.6 Å². The molecule has 0 radical (unpaired) electrons. The van der Waals surface area contributed by atoms with Crippen LogP contribution in [0, 0.1) is 17.8 Å². The van der Waals surface area contributed by atoms with Crippen molar-refractivity contribution in [1.29, 1.82) is 0 Å². The smallest absolute Gasteiger partial charge is 0.410 e. The average molecular weight is 363 g/mol. The molecule has 1 aliphatic carbocycles. The number of halogens is 1. The summed E-state index contributed by atoms with van der Waals surface area (Å²) in [6.45, 7) is 1.00. The third-order valence-electron chi connectivity index (χ3n) is 4.54. The Balaban J connectivity index is 1.77. The van der Waals surface area contributed by atoms with Gasteiger partial charge in [0.1, 0.15) is 5.75 Å². The highest BCUT2D eigenvalue weighted by Gasteiger charge is 2.26. The Morgan fingerprint density at radius 2 is 1.80 bits per heavy atom. The van der Waals surface area contributed by atoms with Gasteiger partial charge in [0.2, 0.25) is 0 Å². The van der Waals surface area contributed by atoms with E-state index in [4.69, 9.17) is 16.3 Å². The Hall–Kier alpha value is -1.70. The van der Waals surface area contributed by atoms with Gasteiger partial charge in [0.05, 0.1) is 0 Å². The number of rotatable bonds is 4. The van der Waals surface area contributed by atoms with Gasteiger partial charge in [-0.15, -0.1) is 5.92 Å². The lowest BCUT2D eigenvalue weighted by atomic mass is 9.86. The number of hydrogen-bond acceptors (Lipinski definition) is 3. The van der Waals surface area contributed by atoms with Gasteiger partial charge >= 0.3 is 6.09 Å². The van der Waals surface area contributed by atoms with E-state index >= 15 is 0 Å². The van der Waals surface area contributed by atoms with E-state index in [1.807, 2.05) is 7.05 Å². The predicted octanol–water partition coefficient (Wildman–Crippen LogP) is 4.28. The number of benzene rings is 1. The summed E-state index contributed by atoms with van der Waals surface area (Å²) in [4.78, 5) is 16.1. The van der Waals surface area contributed by atoms with Gasteiger partial charge in [0, 0.05) is 37.0 Å².